The van der Waals surface area contributed by atoms with E-state index in [2.05, 4.69) is 10.3 Å². The highest BCUT2D eigenvalue weighted by molar-refractivity contribution is 6.35. The minimum atomic E-state index is -0.734. The van der Waals surface area contributed by atoms with Gasteiger partial charge in [-0.15, -0.1) is 0 Å². The Morgan fingerprint density at radius 1 is 1.17 bits per heavy atom. The Morgan fingerprint density at radius 2 is 1.96 bits per heavy atom. The molecule has 0 spiro atoms. The fraction of sp³-hybridized carbons (Fsp3) is 0.111. The van der Waals surface area contributed by atoms with Crippen molar-refractivity contribution in [2.24, 2.45) is 0 Å². The summed E-state index contributed by atoms with van der Waals surface area (Å²) in [5.41, 5.74) is 1.36. The van der Waals surface area contributed by atoms with Crippen molar-refractivity contribution in [3.63, 3.8) is 0 Å². The molecule has 122 valence electrons. The molecule has 0 bridgehead atoms. The van der Waals surface area contributed by atoms with Crippen LogP contribution in [0.1, 0.15) is 6.92 Å². The Bertz CT molecular complexity index is 894. The topological polar surface area (TPSA) is 51.2 Å². The molecule has 4 nitrogen and oxygen atoms in total. The van der Waals surface area contributed by atoms with Crippen LogP contribution in [0.3, 0.4) is 0 Å². The summed E-state index contributed by atoms with van der Waals surface area (Å²) in [4.78, 5) is 16.7. The number of nitrogens with zero attached hydrogens (tertiary/aromatic N) is 1. The fourth-order valence-corrected chi connectivity index (χ4v) is 2.71. The molecule has 6 heteroatoms. The summed E-state index contributed by atoms with van der Waals surface area (Å²) in [7, 11) is 0. The highest BCUT2D eigenvalue weighted by Gasteiger charge is 2.17. The average molecular weight is 361 g/mol. The molecule has 1 N–H and O–H groups in total. The van der Waals surface area contributed by atoms with Gasteiger partial charge in [-0.25, -0.2) is 0 Å². The molecule has 3 aromatic rings. The first-order valence-corrected chi connectivity index (χ1v) is 8.06. The first-order valence-electron chi connectivity index (χ1n) is 7.31. The number of fused-ring (bicyclic) bond motifs is 1. The Kier molecular flexibility index (Phi) is 4.88. The molecule has 0 saturated heterocycles. The van der Waals surface area contributed by atoms with Crippen LogP contribution in [0, 0.1) is 0 Å². The molecule has 0 radical (unpaired) electrons. The van der Waals surface area contributed by atoms with Gasteiger partial charge in [-0.2, -0.15) is 0 Å². The summed E-state index contributed by atoms with van der Waals surface area (Å²) in [6, 6.07) is 14.2. The van der Waals surface area contributed by atoms with Crippen LogP contribution in [0.4, 0.5) is 5.69 Å². The second-order valence-corrected chi connectivity index (χ2v) is 6.05. The number of amides is 1. The van der Waals surface area contributed by atoms with Crippen molar-refractivity contribution < 1.29 is 9.53 Å². The van der Waals surface area contributed by atoms with Gasteiger partial charge in [-0.1, -0.05) is 41.4 Å². The van der Waals surface area contributed by atoms with Gasteiger partial charge in [0.2, 0.25) is 0 Å². The van der Waals surface area contributed by atoms with Crippen LogP contribution in [0.2, 0.25) is 10.0 Å². The van der Waals surface area contributed by atoms with Crippen molar-refractivity contribution in [3.8, 4) is 5.75 Å². The zero-order chi connectivity index (χ0) is 17.1. The summed E-state index contributed by atoms with van der Waals surface area (Å²) in [6.07, 6.45) is 0.952. The van der Waals surface area contributed by atoms with Gasteiger partial charge >= 0.3 is 0 Å². The number of para-hydroxylation sites is 1. The first kappa shape index (κ1) is 16.6. The Morgan fingerprint density at radius 3 is 2.75 bits per heavy atom. The van der Waals surface area contributed by atoms with E-state index in [1.165, 1.54) is 0 Å². The van der Waals surface area contributed by atoms with E-state index in [0.717, 1.165) is 10.9 Å². The number of nitrogens with one attached hydrogen (secondary N) is 1. The lowest BCUT2D eigenvalue weighted by atomic mass is 10.2. The highest BCUT2D eigenvalue weighted by atomic mass is 35.5. The van der Waals surface area contributed by atoms with Gasteiger partial charge in [0.25, 0.3) is 5.91 Å². The molecule has 1 amide bonds. The van der Waals surface area contributed by atoms with E-state index in [9.17, 15) is 4.79 Å². The van der Waals surface area contributed by atoms with Crippen LogP contribution in [0.15, 0.2) is 54.7 Å². The summed E-state index contributed by atoms with van der Waals surface area (Å²) < 4.78 is 5.62. The largest absolute Gasteiger partial charge is 0.479 e. The van der Waals surface area contributed by atoms with Crippen LogP contribution >= 0.6 is 23.2 Å². The average Bonchev–Trinajstić information content (AvgIpc) is 2.57. The summed E-state index contributed by atoms with van der Waals surface area (Å²) in [6.45, 7) is 1.65. The maximum atomic E-state index is 12.4. The molecule has 0 fully saturated rings. The highest BCUT2D eigenvalue weighted by Crippen LogP contribution is 2.28. The standard InChI is InChI=1S/C18H14Cl2N2O2/c1-11(24-16-8-7-13(19)10-14(16)20)18(23)22-15-6-2-4-12-5-3-9-21-17(12)15/h2-11H,1H3,(H,22,23)/t11-/m0/s1. The quantitative estimate of drug-likeness (QED) is 0.716. The second kappa shape index (κ2) is 7.07. The van der Waals surface area contributed by atoms with E-state index < -0.39 is 6.10 Å². The molecule has 0 aliphatic carbocycles. The van der Waals surface area contributed by atoms with Crippen LogP contribution in [0.5, 0.6) is 5.75 Å². The van der Waals surface area contributed by atoms with Gasteiger partial charge in [-0.05, 0) is 37.3 Å². The predicted octanol–water partition coefficient (Wildman–Crippen LogP) is 4.95. The molecule has 0 saturated carbocycles. The van der Waals surface area contributed by atoms with Gasteiger partial charge in [0, 0.05) is 16.6 Å². The third kappa shape index (κ3) is 3.61. The van der Waals surface area contributed by atoms with Gasteiger partial charge < -0.3 is 10.1 Å². The monoisotopic (exact) mass is 360 g/mol. The Labute approximate surface area is 149 Å². The molecule has 0 unspecified atom stereocenters. The van der Waals surface area contributed by atoms with E-state index in [1.54, 1.807) is 37.4 Å². The van der Waals surface area contributed by atoms with Crippen molar-refractivity contribution in [2.75, 3.05) is 5.32 Å². The van der Waals surface area contributed by atoms with Crippen LogP contribution in [-0.2, 0) is 4.79 Å². The van der Waals surface area contributed by atoms with E-state index in [0.29, 0.717) is 21.5 Å². The predicted molar refractivity (Wildman–Crippen MR) is 96.9 cm³/mol. The van der Waals surface area contributed by atoms with Crippen LogP contribution in [-0.4, -0.2) is 17.0 Å². The first-order chi connectivity index (χ1) is 11.5. The second-order valence-electron chi connectivity index (χ2n) is 5.20. The molecular weight excluding hydrogens is 347 g/mol. The van der Waals surface area contributed by atoms with Crippen LogP contribution in [0.25, 0.3) is 10.9 Å². The fourth-order valence-electron chi connectivity index (χ4n) is 2.25. The zero-order valence-corrected chi connectivity index (χ0v) is 14.3. The Balaban J connectivity index is 1.76. The van der Waals surface area contributed by atoms with Gasteiger partial charge in [-0.3, -0.25) is 9.78 Å². The molecule has 1 aromatic heterocycles. The number of carbonyl (C=O) groups is 1. The number of ether oxygens (including phenoxy) is 1. The SMILES string of the molecule is C[C@H](Oc1ccc(Cl)cc1Cl)C(=O)Nc1cccc2cccnc12. The third-order valence-electron chi connectivity index (χ3n) is 3.46. The molecule has 3 rings (SSSR count). The van der Waals surface area contributed by atoms with Crippen molar-refractivity contribution in [2.45, 2.75) is 13.0 Å². The molecule has 0 aliphatic rings. The molecule has 1 atom stereocenters. The van der Waals surface area contributed by atoms with Crippen molar-refractivity contribution in [1.29, 1.82) is 0 Å². The molecule has 0 aliphatic heterocycles. The normalized spacial score (nSPS) is 12.0. The Hall–Kier alpha value is -2.30. The summed E-state index contributed by atoms with van der Waals surface area (Å²) in [5.74, 6) is 0.110. The summed E-state index contributed by atoms with van der Waals surface area (Å²) >= 11 is 11.9. The van der Waals surface area contributed by atoms with Gasteiger partial charge in [0.05, 0.1) is 16.2 Å². The van der Waals surface area contributed by atoms with E-state index >= 15 is 0 Å². The minimum Gasteiger partial charge on any atom is -0.479 e. The van der Waals surface area contributed by atoms with Crippen molar-refractivity contribution in [1.82, 2.24) is 4.98 Å². The summed E-state index contributed by atoms with van der Waals surface area (Å²) in [5, 5.41) is 4.65. The molecule has 2 aromatic carbocycles. The van der Waals surface area contributed by atoms with Crippen LogP contribution < -0.4 is 10.1 Å². The number of anilines is 1. The third-order valence-corrected chi connectivity index (χ3v) is 3.99. The van der Waals surface area contributed by atoms with Crippen molar-refractivity contribution in [3.05, 3.63) is 64.8 Å². The number of benzene rings is 2. The smallest absolute Gasteiger partial charge is 0.265 e. The lowest BCUT2D eigenvalue weighted by molar-refractivity contribution is -0.122. The number of hydrogen-bond donors (Lipinski definition) is 1. The maximum absolute atomic E-state index is 12.4. The van der Waals surface area contributed by atoms with E-state index in [4.69, 9.17) is 27.9 Å². The number of carbonyl (C=O) groups excluding carboxylic acids is 1. The molecule has 1 heterocycles. The minimum absolute atomic E-state index is 0.292. The van der Waals surface area contributed by atoms with E-state index in [-0.39, 0.29) is 5.91 Å². The lowest BCUT2D eigenvalue weighted by Gasteiger charge is -2.16. The van der Waals surface area contributed by atoms with Crippen molar-refractivity contribution >= 4 is 45.7 Å². The number of rotatable bonds is 4. The number of hydrogen-bond acceptors (Lipinski definition) is 3. The van der Waals surface area contributed by atoms with Gasteiger partial charge in [0.15, 0.2) is 6.10 Å². The van der Waals surface area contributed by atoms with E-state index in [1.807, 2.05) is 24.3 Å². The number of aromatic nitrogens is 1. The molecule has 24 heavy (non-hydrogen) atoms. The zero-order valence-electron chi connectivity index (χ0n) is 12.8. The van der Waals surface area contributed by atoms with Gasteiger partial charge in [0.1, 0.15) is 5.75 Å². The number of pyridine rings is 1. The maximum Gasteiger partial charge on any atom is 0.265 e. The number of halogens is 2. The lowest BCUT2D eigenvalue weighted by Crippen LogP contribution is -2.30. The molecular formula is C18H14Cl2N2O2.